The third-order valence-corrected chi connectivity index (χ3v) is 6.32. The van der Waals surface area contributed by atoms with Gasteiger partial charge in [-0.05, 0) is 28.0 Å². The summed E-state index contributed by atoms with van der Waals surface area (Å²) in [4.78, 5) is 12.4. The molecular formula is C27H20O4S. The van der Waals surface area contributed by atoms with Crippen molar-refractivity contribution in [2.24, 2.45) is 0 Å². The van der Waals surface area contributed by atoms with Gasteiger partial charge in [-0.1, -0.05) is 84.9 Å². The molecule has 158 valence electrons. The van der Waals surface area contributed by atoms with Gasteiger partial charge in [-0.3, -0.25) is 0 Å². The molecule has 0 saturated heterocycles. The zero-order valence-corrected chi connectivity index (χ0v) is 17.9. The van der Waals surface area contributed by atoms with Crippen molar-refractivity contribution in [1.29, 1.82) is 0 Å². The number of allylic oxidation sites excluding steroid dienone is 1. The summed E-state index contributed by atoms with van der Waals surface area (Å²) in [6.07, 6.45) is 0.974. The first-order chi connectivity index (χ1) is 15.7. The van der Waals surface area contributed by atoms with Crippen LogP contribution in [0.4, 0.5) is 0 Å². The zero-order valence-electron chi connectivity index (χ0n) is 17.1. The third-order valence-electron chi connectivity index (χ3n) is 5.74. The number of hydrogen-bond donors (Lipinski definition) is 1. The van der Waals surface area contributed by atoms with Crippen LogP contribution >= 0.6 is 0 Å². The number of ether oxygens (including phenoxy) is 1. The van der Waals surface area contributed by atoms with Crippen LogP contribution in [0.1, 0.15) is 28.2 Å². The van der Waals surface area contributed by atoms with Crippen LogP contribution in [0.3, 0.4) is 0 Å². The number of carbonyl (C=O) groups is 1. The first kappa shape index (κ1) is 20.4. The molecule has 4 aromatic rings. The van der Waals surface area contributed by atoms with Gasteiger partial charge in [0.2, 0.25) is 0 Å². The summed E-state index contributed by atoms with van der Waals surface area (Å²) in [6, 6.07) is 29.1. The molecule has 0 spiro atoms. The third kappa shape index (κ3) is 3.66. The summed E-state index contributed by atoms with van der Waals surface area (Å²) in [7, 11) is 0. The molecule has 5 heteroatoms. The highest BCUT2D eigenvalue weighted by atomic mass is 32.2. The molecule has 1 aliphatic heterocycles. The van der Waals surface area contributed by atoms with Gasteiger partial charge < -0.3 is 14.1 Å². The minimum Gasteiger partial charge on any atom is -0.456 e. The number of benzene rings is 4. The van der Waals surface area contributed by atoms with E-state index in [0.29, 0.717) is 11.5 Å². The predicted molar refractivity (Wildman–Crippen MR) is 128 cm³/mol. The van der Waals surface area contributed by atoms with Crippen LogP contribution < -0.4 is 4.74 Å². The molecular weight excluding hydrogens is 420 g/mol. The summed E-state index contributed by atoms with van der Waals surface area (Å²) >= 11 is -1.91. The van der Waals surface area contributed by atoms with Gasteiger partial charge in [0.25, 0.3) is 0 Å². The maximum atomic E-state index is 12.4. The SMILES string of the molecule is O=CC1C(c2cccc3ccccc23)=C(c2ccc(CS(=O)O)cc2)Oc2ccccc21. The Hall–Kier alpha value is -3.54. The predicted octanol–water partition coefficient (Wildman–Crippen LogP) is 5.80. The molecule has 0 bridgehead atoms. The van der Waals surface area contributed by atoms with Crippen molar-refractivity contribution in [2.75, 3.05) is 0 Å². The Kier molecular flexibility index (Phi) is 5.43. The Morgan fingerprint density at radius 3 is 2.38 bits per heavy atom. The lowest BCUT2D eigenvalue weighted by Gasteiger charge is -2.29. The van der Waals surface area contributed by atoms with Crippen LogP contribution in [0.25, 0.3) is 22.1 Å². The van der Waals surface area contributed by atoms with E-state index in [1.807, 2.05) is 72.8 Å². The molecule has 0 fully saturated rings. The van der Waals surface area contributed by atoms with Crippen LogP contribution in [-0.4, -0.2) is 15.0 Å². The van der Waals surface area contributed by atoms with E-state index in [-0.39, 0.29) is 5.75 Å². The number of fused-ring (bicyclic) bond motifs is 2. The van der Waals surface area contributed by atoms with Gasteiger partial charge in [-0.15, -0.1) is 0 Å². The van der Waals surface area contributed by atoms with Crippen molar-refractivity contribution in [1.82, 2.24) is 0 Å². The van der Waals surface area contributed by atoms with E-state index in [1.165, 1.54) is 0 Å². The van der Waals surface area contributed by atoms with Crippen molar-refractivity contribution < 1.29 is 18.3 Å². The molecule has 2 atom stereocenters. The summed E-state index contributed by atoms with van der Waals surface area (Å²) < 4.78 is 26.8. The molecule has 0 aromatic heterocycles. The highest BCUT2D eigenvalue weighted by molar-refractivity contribution is 7.78. The van der Waals surface area contributed by atoms with Crippen LogP contribution in [-0.2, 0) is 21.6 Å². The Morgan fingerprint density at radius 2 is 1.59 bits per heavy atom. The van der Waals surface area contributed by atoms with E-state index >= 15 is 0 Å². The minimum absolute atomic E-state index is 0.0656. The van der Waals surface area contributed by atoms with E-state index < -0.39 is 17.0 Å². The Morgan fingerprint density at radius 1 is 0.875 bits per heavy atom. The van der Waals surface area contributed by atoms with Crippen molar-refractivity contribution in [3.05, 3.63) is 113 Å². The van der Waals surface area contributed by atoms with Gasteiger partial charge in [0.1, 0.15) is 17.8 Å². The molecule has 0 aliphatic carbocycles. The first-order valence-electron chi connectivity index (χ1n) is 10.3. The standard InChI is InChI=1S/C27H20O4S/c28-16-24-22-9-3-4-11-25(22)31-27(20-14-12-18(13-15-20)17-32(29)30)26(24)23-10-5-7-19-6-1-2-8-21(19)23/h1-16,24H,17H2,(H,29,30). The summed E-state index contributed by atoms with van der Waals surface area (Å²) in [5.74, 6) is 0.860. The summed E-state index contributed by atoms with van der Waals surface area (Å²) in [6.45, 7) is 0. The van der Waals surface area contributed by atoms with Crippen LogP contribution in [0.5, 0.6) is 5.75 Å². The minimum atomic E-state index is -1.91. The molecule has 0 radical (unpaired) electrons. The molecule has 0 amide bonds. The molecule has 0 saturated carbocycles. The monoisotopic (exact) mass is 440 g/mol. The van der Waals surface area contributed by atoms with Gasteiger partial charge in [0.15, 0.2) is 11.1 Å². The van der Waals surface area contributed by atoms with E-state index in [1.54, 1.807) is 0 Å². The maximum absolute atomic E-state index is 12.4. The Labute approximate surface area is 188 Å². The second-order valence-corrected chi connectivity index (χ2v) is 8.62. The van der Waals surface area contributed by atoms with Crippen molar-refractivity contribution in [3.8, 4) is 5.75 Å². The highest BCUT2D eigenvalue weighted by Crippen LogP contribution is 2.47. The maximum Gasteiger partial charge on any atom is 0.157 e. The molecule has 1 heterocycles. The van der Waals surface area contributed by atoms with Crippen molar-refractivity contribution in [2.45, 2.75) is 11.7 Å². The summed E-state index contributed by atoms with van der Waals surface area (Å²) in [5, 5.41) is 2.13. The molecule has 1 N–H and O–H groups in total. The quantitative estimate of drug-likeness (QED) is 0.314. The van der Waals surface area contributed by atoms with E-state index in [9.17, 15) is 13.6 Å². The molecule has 32 heavy (non-hydrogen) atoms. The normalized spacial score (nSPS) is 16.3. The molecule has 4 nitrogen and oxygen atoms in total. The summed E-state index contributed by atoms with van der Waals surface area (Å²) in [5.41, 5.74) is 4.16. The lowest BCUT2D eigenvalue weighted by molar-refractivity contribution is -0.108. The molecule has 1 aliphatic rings. The fourth-order valence-electron chi connectivity index (χ4n) is 4.29. The number of aldehydes is 1. The topological polar surface area (TPSA) is 63.6 Å². The van der Waals surface area contributed by atoms with E-state index in [2.05, 4.69) is 18.2 Å². The number of rotatable bonds is 5. The van der Waals surface area contributed by atoms with Crippen LogP contribution in [0.2, 0.25) is 0 Å². The Bertz CT molecular complexity index is 1370. The largest absolute Gasteiger partial charge is 0.456 e. The average Bonchev–Trinajstić information content (AvgIpc) is 2.82. The van der Waals surface area contributed by atoms with Gasteiger partial charge in [0.05, 0.1) is 11.7 Å². The van der Waals surface area contributed by atoms with Crippen LogP contribution in [0.15, 0.2) is 91.0 Å². The number of hydrogen-bond acceptors (Lipinski definition) is 3. The fourth-order valence-corrected chi connectivity index (χ4v) is 4.77. The molecule has 2 unspecified atom stereocenters. The smallest absolute Gasteiger partial charge is 0.157 e. The van der Waals surface area contributed by atoms with E-state index in [4.69, 9.17) is 4.74 Å². The average molecular weight is 441 g/mol. The lowest BCUT2D eigenvalue weighted by atomic mass is 9.81. The lowest BCUT2D eigenvalue weighted by Crippen LogP contribution is -2.16. The molecule has 5 rings (SSSR count). The fraction of sp³-hybridized carbons (Fsp3) is 0.0741. The van der Waals surface area contributed by atoms with Crippen molar-refractivity contribution >= 4 is 39.5 Å². The Balaban J connectivity index is 1.76. The number of para-hydroxylation sites is 1. The van der Waals surface area contributed by atoms with Gasteiger partial charge in [0, 0.05) is 16.7 Å². The zero-order chi connectivity index (χ0) is 22.1. The molecule has 4 aromatic carbocycles. The number of carbonyl (C=O) groups excluding carboxylic acids is 1. The van der Waals surface area contributed by atoms with Gasteiger partial charge in [-0.2, -0.15) is 0 Å². The second kappa shape index (κ2) is 8.54. The highest BCUT2D eigenvalue weighted by Gasteiger charge is 2.31. The second-order valence-electron chi connectivity index (χ2n) is 7.69. The van der Waals surface area contributed by atoms with Gasteiger partial charge in [-0.25, -0.2) is 4.21 Å². The van der Waals surface area contributed by atoms with Crippen molar-refractivity contribution in [3.63, 3.8) is 0 Å². The van der Waals surface area contributed by atoms with Gasteiger partial charge >= 0.3 is 0 Å². The van der Waals surface area contributed by atoms with E-state index in [0.717, 1.165) is 44.9 Å². The van der Waals surface area contributed by atoms with Crippen LogP contribution in [0, 0.1) is 0 Å². The first-order valence-corrected chi connectivity index (χ1v) is 11.5.